The van der Waals surface area contributed by atoms with E-state index < -0.39 is 0 Å². The molecule has 0 bridgehead atoms. The van der Waals surface area contributed by atoms with Crippen molar-refractivity contribution in [2.45, 2.75) is 46.2 Å². The van der Waals surface area contributed by atoms with Crippen LogP contribution in [-0.4, -0.2) is 26.9 Å². The highest BCUT2D eigenvalue weighted by Gasteiger charge is 2.12. The lowest BCUT2D eigenvalue weighted by atomic mass is 10.1. The number of aromatic nitrogens is 3. The van der Waals surface area contributed by atoms with Gasteiger partial charge in [-0.1, -0.05) is 5.16 Å². The summed E-state index contributed by atoms with van der Waals surface area (Å²) >= 11 is 0. The lowest BCUT2D eigenvalue weighted by molar-refractivity contribution is -0.121. The number of amides is 1. The van der Waals surface area contributed by atoms with E-state index in [1.54, 1.807) is 10.9 Å². The minimum atomic E-state index is 0.0321. The Bertz CT molecular complexity index is 540. The average molecular weight is 276 g/mol. The summed E-state index contributed by atoms with van der Waals surface area (Å²) in [5.41, 5.74) is 1.89. The van der Waals surface area contributed by atoms with Crippen LogP contribution in [0.3, 0.4) is 0 Å². The quantitative estimate of drug-likeness (QED) is 0.870. The Morgan fingerprint density at radius 3 is 2.90 bits per heavy atom. The molecule has 0 aliphatic rings. The molecule has 1 amide bonds. The van der Waals surface area contributed by atoms with Crippen LogP contribution in [0, 0.1) is 13.8 Å². The van der Waals surface area contributed by atoms with Crippen LogP contribution in [0.1, 0.15) is 30.4 Å². The molecule has 0 saturated carbocycles. The van der Waals surface area contributed by atoms with Crippen LogP contribution >= 0.6 is 0 Å². The summed E-state index contributed by atoms with van der Waals surface area (Å²) in [6.07, 6.45) is 4.70. The van der Waals surface area contributed by atoms with Crippen molar-refractivity contribution < 1.29 is 9.32 Å². The highest BCUT2D eigenvalue weighted by Crippen LogP contribution is 2.14. The zero-order valence-corrected chi connectivity index (χ0v) is 12.1. The molecule has 0 radical (unpaired) electrons. The van der Waals surface area contributed by atoms with Crippen LogP contribution in [0.2, 0.25) is 0 Å². The number of hydrogen-bond donors (Lipinski definition) is 1. The molecular formula is C14H20N4O2. The summed E-state index contributed by atoms with van der Waals surface area (Å²) < 4.78 is 6.89. The first-order chi connectivity index (χ1) is 9.56. The predicted octanol–water partition coefficient (Wildman–Crippen LogP) is 1.63. The third-order valence-corrected chi connectivity index (χ3v) is 3.21. The van der Waals surface area contributed by atoms with Gasteiger partial charge in [0, 0.05) is 30.4 Å². The van der Waals surface area contributed by atoms with Gasteiger partial charge in [0.15, 0.2) is 0 Å². The number of nitrogens with zero attached hydrogens (tertiary/aromatic N) is 3. The molecule has 1 N–H and O–H groups in total. The van der Waals surface area contributed by atoms with Crippen LogP contribution in [-0.2, 0) is 17.8 Å². The maximum Gasteiger partial charge on any atom is 0.220 e. The van der Waals surface area contributed by atoms with Gasteiger partial charge in [-0.25, -0.2) is 0 Å². The Labute approximate surface area is 118 Å². The average Bonchev–Trinajstić information content (AvgIpc) is 2.98. The third kappa shape index (κ3) is 3.69. The van der Waals surface area contributed by atoms with E-state index in [4.69, 9.17) is 4.52 Å². The minimum Gasteiger partial charge on any atom is -0.361 e. The maximum absolute atomic E-state index is 11.9. The molecule has 0 saturated heterocycles. The number of hydrogen-bond acceptors (Lipinski definition) is 4. The second-order valence-corrected chi connectivity index (χ2v) is 5.00. The first kappa shape index (κ1) is 14.3. The molecule has 0 unspecified atom stereocenters. The van der Waals surface area contributed by atoms with E-state index in [1.807, 2.05) is 33.0 Å². The van der Waals surface area contributed by atoms with Gasteiger partial charge in [-0.15, -0.1) is 0 Å². The largest absolute Gasteiger partial charge is 0.361 e. The number of aryl methyl sites for hydroxylation is 2. The first-order valence-electron chi connectivity index (χ1n) is 6.75. The predicted molar refractivity (Wildman–Crippen MR) is 74.1 cm³/mol. The zero-order chi connectivity index (χ0) is 14.5. The molecule has 1 atom stereocenters. The molecule has 2 heterocycles. The van der Waals surface area contributed by atoms with Crippen LogP contribution in [0.4, 0.5) is 0 Å². The molecule has 6 nitrogen and oxygen atoms in total. The Morgan fingerprint density at radius 2 is 2.30 bits per heavy atom. The SMILES string of the molecule is Cc1noc(C)c1CCC(=O)N[C@@H](C)Cn1cccn1. The summed E-state index contributed by atoms with van der Waals surface area (Å²) in [6, 6.07) is 1.92. The summed E-state index contributed by atoms with van der Waals surface area (Å²) in [4.78, 5) is 11.9. The van der Waals surface area contributed by atoms with Crippen molar-refractivity contribution >= 4 is 5.91 Å². The molecule has 2 rings (SSSR count). The van der Waals surface area contributed by atoms with Crippen LogP contribution in [0.15, 0.2) is 23.0 Å². The molecule has 6 heteroatoms. The molecule has 0 spiro atoms. The van der Waals surface area contributed by atoms with Gasteiger partial charge in [0.2, 0.25) is 5.91 Å². The molecule has 108 valence electrons. The molecule has 2 aromatic rings. The van der Waals surface area contributed by atoms with E-state index in [-0.39, 0.29) is 11.9 Å². The van der Waals surface area contributed by atoms with Gasteiger partial charge < -0.3 is 9.84 Å². The van der Waals surface area contributed by atoms with Crippen molar-refractivity contribution in [1.29, 1.82) is 0 Å². The Balaban J connectivity index is 1.78. The smallest absolute Gasteiger partial charge is 0.220 e. The molecule has 0 aliphatic heterocycles. The van der Waals surface area contributed by atoms with E-state index in [0.29, 0.717) is 19.4 Å². The number of rotatable bonds is 6. The van der Waals surface area contributed by atoms with Gasteiger partial charge in [-0.3, -0.25) is 9.48 Å². The fraction of sp³-hybridized carbons (Fsp3) is 0.500. The summed E-state index contributed by atoms with van der Waals surface area (Å²) in [7, 11) is 0. The monoisotopic (exact) mass is 276 g/mol. The molecule has 0 fully saturated rings. The van der Waals surface area contributed by atoms with Gasteiger partial charge in [0.05, 0.1) is 12.2 Å². The molecule has 20 heavy (non-hydrogen) atoms. The van der Waals surface area contributed by atoms with E-state index in [0.717, 1.165) is 17.0 Å². The number of nitrogens with one attached hydrogen (secondary N) is 1. The Kier molecular flexibility index (Phi) is 4.55. The summed E-state index contributed by atoms with van der Waals surface area (Å²) in [5.74, 6) is 0.824. The number of carbonyl (C=O) groups excluding carboxylic acids is 1. The van der Waals surface area contributed by atoms with Gasteiger partial charge >= 0.3 is 0 Å². The van der Waals surface area contributed by atoms with Crippen molar-refractivity contribution in [1.82, 2.24) is 20.3 Å². The molecule has 0 aromatic carbocycles. The van der Waals surface area contributed by atoms with Crippen LogP contribution in [0.5, 0.6) is 0 Å². The lowest BCUT2D eigenvalue weighted by Gasteiger charge is -2.13. The highest BCUT2D eigenvalue weighted by atomic mass is 16.5. The third-order valence-electron chi connectivity index (χ3n) is 3.21. The van der Waals surface area contributed by atoms with Crippen LogP contribution in [0.25, 0.3) is 0 Å². The topological polar surface area (TPSA) is 73.0 Å². The van der Waals surface area contributed by atoms with Gasteiger partial charge in [0.25, 0.3) is 0 Å². The zero-order valence-electron chi connectivity index (χ0n) is 12.1. The van der Waals surface area contributed by atoms with Crippen molar-refractivity contribution in [3.05, 3.63) is 35.5 Å². The van der Waals surface area contributed by atoms with E-state index in [1.165, 1.54) is 0 Å². The van der Waals surface area contributed by atoms with Crippen molar-refractivity contribution in [2.24, 2.45) is 0 Å². The second-order valence-electron chi connectivity index (χ2n) is 5.00. The van der Waals surface area contributed by atoms with Crippen molar-refractivity contribution in [3.8, 4) is 0 Å². The van der Waals surface area contributed by atoms with Gasteiger partial charge in [-0.05, 0) is 33.3 Å². The fourth-order valence-electron chi connectivity index (χ4n) is 2.18. The van der Waals surface area contributed by atoms with Crippen LogP contribution < -0.4 is 5.32 Å². The van der Waals surface area contributed by atoms with Crippen molar-refractivity contribution in [3.63, 3.8) is 0 Å². The van der Waals surface area contributed by atoms with E-state index in [9.17, 15) is 4.79 Å². The first-order valence-corrected chi connectivity index (χ1v) is 6.75. The molecule has 2 aromatic heterocycles. The van der Waals surface area contributed by atoms with Crippen molar-refractivity contribution in [2.75, 3.05) is 0 Å². The van der Waals surface area contributed by atoms with Gasteiger partial charge in [0.1, 0.15) is 5.76 Å². The Morgan fingerprint density at radius 1 is 1.50 bits per heavy atom. The molecular weight excluding hydrogens is 256 g/mol. The Hall–Kier alpha value is -2.11. The maximum atomic E-state index is 11.9. The number of carbonyl (C=O) groups is 1. The standard InChI is InChI=1S/C14H20N4O2/c1-10(9-18-8-4-7-15-18)16-14(19)6-5-13-11(2)17-20-12(13)3/h4,7-8,10H,5-6,9H2,1-3H3,(H,16,19)/t10-/m0/s1. The lowest BCUT2D eigenvalue weighted by Crippen LogP contribution is -2.35. The van der Waals surface area contributed by atoms with E-state index in [2.05, 4.69) is 15.6 Å². The molecule has 0 aliphatic carbocycles. The van der Waals surface area contributed by atoms with E-state index >= 15 is 0 Å². The minimum absolute atomic E-state index is 0.0321. The summed E-state index contributed by atoms with van der Waals surface area (Å²) in [6.45, 7) is 6.40. The summed E-state index contributed by atoms with van der Waals surface area (Å²) in [5, 5.41) is 11.0. The fourth-order valence-corrected chi connectivity index (χ4v) is 2.18. The van der Waals surface area contributed by atoms with Gasteiger partial charge in [-0.2, -0.15) is 5.10 Å². The second kappa shape index (κ2) is 6.36. The normalized spacial score (nSPS) is 12.3. The highest BCUT2D eigenvalue weighted by molar-refractivity contribution is 5.76.